The van der Waals surface area contributed by atoms with Crippen LogP contribution >= 0.6 is 0 Å². The minimum absolute atomic E-state index is 0.399. The third kappa shape index (κ3) is 2.24. The van der Waals surface area contributed by atoms with Crippen LogP contribution in [0.25, 0.3) is 11.4 Å². The van der Waals surface area contributed by atoms with E-state index in [-0.39, 0.29) is 0 Å². The summed E-state index contributed by atoms with van der Waals surface area (Å²) in [7, 11) is 2.00. The summed E-state index contributed by atoms with van der Waals surface area (Å²) in [6.07, 6.45) is 9.03. The van der Waals surface area contributed by atoms with Gasteiger partial charge in [-0.25, -0.2) is 9.97 Å². The number of rotatable bonds is 2. The molecule has 98 valence electrons. The second-order valence-corrected chi connectivity index (χ2v) is 5.02. The summed E-state index contributed by atoms with van der Waals surface area (Å²) in [5.74, 6) is 0.815. The van der Waals surface area contributed by atoms with Crippen molar-refractivity contribution in [2.45, 2.75) is 32.2 Å². The van der Waals surface area contributed by atoms with E-state index in [0.717, 1.165) is 23.4 Å². The van der Waals surface area contributed by atoms with Crippen LogP contribution in [0.3, 0.4) is 0 Å². The molecule has 2 aromatic rings. The van der Waals surface area contributed by atoms with Crippen molar-refractivity contribution in [2.75, 3.05) is 7.05 Å². The second kappa shape index (κ2) is 5.05. The van der Waals surface area contributed by atoms with E-state index >= 15 is 0 Å². The first kappa shape index (κ1) is 12.2. The van der Waals surface area contributed by atoms with Crippen molar-refractivity contribution in [3.8, 4) is 11.4 Å². The Morgan fingerprint density at radius 2 is 2.21 bits per heavy atom. The maximum atomic E-state index is 4.76. The van der Waals surface area contributed by atoms with Gasteiger partial charge in [0, 0.05) is 41.5 Å². The lowest BCUT2D eigenvalue weighted by Crippen LogP contribution is -2.22. The Morgan fingerprint density at radius 1 is 1.32 bits per heavy atom. The Balaban J connectivity index is 2.05. The van der Waals surface area contributed by atoms with Gasteiger partial charge >= 0.3 is 0 Å². The number of aromatic nitrogens is 3. The van der Waals surface area contributed by atoms with Crippen LogP contribution < -0.4 is 5.32 Å². The Hall–Kier alpha value is -1.81. The molecule has 1 aliphatic rings. The minimum atomic E-state index is 0.399. The molecule has 1 atom stereocenters. The standard InChI is InChI=1S/C15H18N4/c1-10-8-17-7-6-11(10)15-18-9-12-13(16-2)4-3-5-14(12)19-15/h6-9,13,16H,3-5H2,1-2H3. The molecular formula is C15H18N4. The lowest BCUT2D eigenvalue weighted by atomic mass is 9.92. The summed E-state index contributed by atoms with van der Waals surface area (Å²) in [5, 5.41) is 3.34. The molecule has 3 rings (SSSR count). The van der Waals surface area contributed by atoms with Crippen molar-refractivity contribution in [1.82, 2.24) is 20.3 Å². The number of hydrogen-bond acceptors (Lipinski definition) is 4. The third-order valence-electron chi connectivity index (χ3n) is 3.79. The van der Waals surface area contributed by atoms with Gasteiger partial charge in [-0.2, -0.15) is 0 Å². The number of nitrogens with zero attached hydrogens (tertiary/aromatic N) is 3. The maximum Gasteiger partial charge on any atom is 0.159 e. The van der Waals surface area contributed by atoms with Gasteiger partial charge in [-0.05, 0) is 44.9 Å². The van der Waals surface area contributed by atoms with E-state index in [9.17, 15) is 0 Å². The average molecular weight is 254 g/mol. The van der Waals surface area contributed by atoms with Gasteiger partial charge in [-0.3, -0.25) is 4.98 Å². The first-order valence-corrected chi connectivity index (χ1v) is 6.73. The second-order valence-electron chi connectivity index (χ2n) is 5.02. The Labute approximate surface area is 113 Å². The van der Waals surface area contributed by atoms with E-state index in [1.54, 1.807) is 6.20 Å². The minimum Gasteiger partial charge on any atom is -0.313 e. The van der Waals surface area contributed by atoms with Gasteiger partial charge in [0.25, 0.3) is 0 Å². The third-order valence-corrected chi connectivity index (χ3v) is 3.79. The van der Waals surface area contributed by atoms with Crippen LogP contribution in [0.15, 0.2) is 24.7 Å². The average Bonchev–Trinajstić information content (AvgIpc) is 2.46. The smallest absolute Gasteiger partial charge is 0.159 e. The van der Waals surface area contributed by atoms with Crippen molar-refractivity contribution in [3.05, 3.63) is 41.5 Å². The molecule has 1 aliphatic carbocycles. The molecule has 0 aliphatic heterocycles. The first-order chi connectivity index (χ1) is 9.29. The van der Waals surface area contributed by atoms with E-state index < -0.39 is 0 Å². The monoisotopic (exact) mass is 254 g/mol. The predicted octanol–water partition coefficient (Wildman–Crippen LogP) is 2.44. The molecule has 0 bridgehead atoms. The highest BCUT2D eigenvalue weighted by atomic mass is 14.9. The largest absolute Gasteiger partial charge is 0.313 e. The number of pyridine rings is 1. The molecular weight excluding hydrogens is 236 g/mol. The van der Waals surface area contributed by atoms with E-state index in [0.29, 0.717) is 6.04 Å². The maximum absolute atomic E-state index is 4.76. The van der Waals surface area contributed by atoms with E-state index in [4.69, 9.17) is 4.98 Å². The van der Waals surface area contributed by atoms with Gasteiger partial charge in [0.2, 0.25) is 0 Å². The molecule has 0 radical (unpaired) electrons. The number of hydrogen-bond donors (Lipinski definition) is 1. The van der Waals surface area contributed by atoms with E-state index in [1.807, 2.05) is 32.4 Å². The highest BCUT2D eigenvalue weighted by molar-refractivity contribution is 5.59. The van der Waals surface area contributed by atoms with Crippen molar-refractivity contribution < 1.29 is 0 Å². The van der Waals surface area contributed by atoms with Gasteiger partial charge in [0.05, 0.1) is 0 Å². The van der Waals surface area contributed by atoms with E-state index in [1.165, 1.54) is 24.1 Å². The van der Waals surface area contributed by atoms with Gasteiger partial charge in [-0.15, -0.1) is 0 Å². The summed E-state index contributed by atoms with van der Waals surface area (Å²) >= 11 is 0. The summed E-state index contributed by atoms with van der Waals surface area (Å²) < 4.78 is 0. The van der Waals surface area contributed by atoms with Crippen molar-refractivity contribution >= 4 is 0 Å². The van der Waals surface area contributed by atoms with Crippen molar-refractivity contribution in [3.63, 3.8) is 0 Å². The van der Waals surface area contributed by atoms with Crippen LogP contribution in [0.4, 0.5) is 0 Å². The van der Waals surface area contributed by atoms with Crippen LogP contribution in [0.2, 0.25) is 0 Å². The molecule has 0 spiro atoms. The molecule has 0 saturated heterocycles. The molecule has 1 unspecified atom stereocenters. The highest BCUT2D eigenvalue weighted by Gasteiger charge is 2.21. The van der Waals surface area contributed by atoms with Gasteiger partial charge in [0.15, 0.2) is 5.82 Å². The normalized spacial score (nSPS) is 18.1. The number of fused-ring (bicyclic) bond motifs is 1. The zero-order valence-corrected chi connectivity index (χ0v) is 11.3. The fourth-order valence-corrected chi connectivity index (χ4v) is 2.70. The molecule has 2 aromatic heterocycles. The molecule has 4 heteroatoms. The van der Waals surface area contributed by atoms with Gasteiger partial charge in [0.1, 0.15) is 0 Å². The van der Waals surface area contributed by atoms with E-state index in [2.05, 4.69) is 15.3 Å². The Kier molecular flexibility index (Phi) is 3.25. The number of aryl methyl sites for hydroxylation is 2. The van der Waals surface area contributed by atoms with Crippen LogP contribution in [0.5, 0.6) is 0 Å². The molecule has 0 saturated carbocycles. The molecule has 0 amide bonds. The molecule has 19 heavy (non-hydrogen) atoms. The fraction of sp³-hybridized carbons (Fsp3) is 0.400. The van der Waals surface area contributed by atoms with Crippen LogP contribution in [0.1, 0.15) is 35.7 Å². The van der Waals surface area contributed by atoms with Crippen molar-refractivity contribution in [2.24, 2.45) is 0 Å². The molecule has 1 N–H and O–H groups in total. The Morgan fingerprint density at radius 3 is 3.00 bits per heavy atom. The summed E-state index contributed by atoms with van der Waals surface area (Å²) in [6.45, 7) is 2.04. The lowest BCUT2D eigenvalue weighted by Gasteiger charge is -2.24. The van der Waals surface area contributed by atoms with Gasteiger partial charge < -0.3 is 5.32 Å². The zero-order chi connectivity index (χ0) is 13.2. The van der Waals surface area contributed by atoms with Crippen LogP contribution in [-0.4, -0.2) is 22.0 Å². The topological polar surface area (TPSA) is 50.7 Å². The summed E-state index contributed by atoms with van der Waals surface area (Å²) in [5.41, 5.74) is 4.63. The van der Waals surface area contributed by atoms with Crippen molar-refractivity contribution in [1.29, 1.82) is 0 Å². The lowest BCUT2D eigenvalue weighted by molar-refractivity contribution is 0.488. The summed E-state index contributed by atoms with van der Waals surface area (Å²) in [4.78, 5) is 13.4. The molecule has 0 fully saturated rings. The van der Waals surface area contributed by atoms with Crippen LogP contribution in [0, 0.1) is 6.92 Å². The predicted molar refractivity (Wildman–Crippen MR) is 74.7 cm³/mol. The number of nitrogens with one attached hydrogen (secondary N) is 1. The highest BCUT2D eigenvalue weighted by Crippen LogP contribution is 2.29. The molecule has 4 nitrogen and oxygen atoms in total. The summed E-state index contributed by atoms with van der Waals surface area (Å²) in [6, 6.07) is 2.38. The fourth-order valence-electron chi connectivity index (χ4n) is 2.70. The molecule has 0 aromatic carbocycles. The molecule has 2 heterocycles. The zero-order valence-electron chi connectivity index (χ0n) is 11.3. The first-order valence-electron chi connectivity index (χ1n) is 6.73. The van der Waals surface area contributed by atoms with Gasteiger partial charge in [-0.1, -0.05) is 0 Å². The Bertz CT molecular complexity index is 594. The quantitative estimate of drug-likeness (QED) is 0.894. The SMILES string of the molecule is CNC1CCCc2nc(-c3ccncc3C)ncc21. The van der Waals surface area contributed by atoms with Crippen LogP contribution in [-0.2, 0) is 6.42 Å².